The Bertz CT molecular complexity index is 1410. The van der Waals surface area contributed by atoms with Crippen LogP contribution in [0.15, 0.2) is 42.5 Å². The monoisotopic (exact) mass is 664 g/mol. The fraction of sp³-hybridized carbons (Fsp3) is 0.556. The van der Waals surface area contributed by atoms with Crippen LogP contribution < -0.4 is 26.4 Å². The molecule has 1 saturated carbocycles. The zero-order valence-electron chi connectivity index (χ0n) is 28.5. The molecule has 262 valence electrons. The molecule has 0 radical (unpaired) electrons. The molecule has 12 heteroatoms. The molecule has 1 heterocycles. The van der Waals surface area contributed by atoms with E-state index in [0.29, 0.717) is 49.3 Å². The summed E-state index contributed by atoms with van der Waals surface area (Å²) in [6.07, 6.45) is 7.26. The number of amides is 5. The van der Waals surface area contributed by atoms with Gasteiger partial charge in [-0.3, -0.25) is 14.4 Å². The highest BCUT2D eigenvalue weighted by Crippen LogP contribution is 2.35. The van der Waals surface area contributed by atoms with E-state index in [1.165, 1.54) is 6.42 Å². The second-order valence-electron chi connectivity index (χ2n) is 13.2. The molecule has 12 nitrogen and oxygen atoms in total. The topological polar surface area (TPSA) is 166 Å². The van der Waals surface area contributed by atoms with Crippen molar-refractivity contribution in [1.29, 1.82) is 0 Å². The molecule has 3 atom stereocenters. The van der Waals surface area contributed by atoms with Crippen molar-refractivity contribution in [2.45, 2.75) is 96.2 Å². The minimum Gasteiger partial charge on any atom is -0.485 e. The molecule has 1 fully saturated rings. The number of aliphatic hydroxyl groups excluding tert-OH is 1. The average Bonchev–Trinajstić information content (AvgIpc) is 3.07. The number of fused-ring (bicyclic) bond motifs is 1. The van der Waals surface area contributed by atoms with Gasteiger partial charge in [0, 0.05) is 38.4 Å². The molecule has 2 aliphatic rings. The third-order valence-corrected chi connectivity index (χ3v) is 9.24. The number of unbranched alkanes of at least 4 members (excludes halogenated alkanes) is 2. The Morgan fingerprint density at radius 1 is 0.979 bits per heavy atom. The molecule has 2 aromatic rings. The Morgan fingerprint density at radius 2 is 1.62 bits per heavy atom. The molecular weight excluding hydrogens is 612 g/mol. The van der Waals surface area contributed by atoms with Gasteiger partial charge >= 0.3 is 6.03 Å². The van der Waals surface area contributed by atoms with Gasteiger partial charge in [0.25, 0.3) is 5.91 Å². The molecule has 0 unspecified atom stereocenters. The van der Waals surface area contributed by atoms with Crippen molar-refractivity contribution in [1.82, 2.24) is 15.1 Å². The van der Waals surface area contributed by atoms with Crippen LogP contribution in [0.5, 0.6) is 5.75 Å². The van der Waals surface area contributed by atoms with E-state index in [0.717, 1.165) is 25.7 Å². The van der Waals surface area contributed by atoms with Crippen LogP contribution in [0.1, 0.15) is 88.4 Å². The number of hydrogen-bond donors (Lipinski definition) is 5. The third-order valence-electron chi connectivity index (χ3n) is 9.24. The maximum atomic E-state index is 13.8. The maximum Gasteiger partial charge on any atom is 0.317 e. The van der Waals surface area contributed by atoms with Gasteiger partial charge in [0.05, 0.1) is 41.8 Å². The second-order valence-corrected chi connectivity index (χ2v) is 13.2. The molecule has 5 amide bonds. The molecule has 0 spiro atoms. The summed E-state index contributed by atoms with van der Waals surface area (Å²) in [5.41, 5.74) is 7.64. The van der Waals surface area contributed by atoms with E-state index in [4.69, 9.17) is 10.5 Å². The fourth-order valence-corrected chi connectivity index (χ4v) is 6.23. The number of rotatable bonds is 13. The lowest BCUT2D eigenvalue weighted by Gasteiger charge is -2.38. The summed E-state index contributed by atoms with van der Waals surface area (Å²) in [6.45, 7) is 4.14. The van der Waals surface area contributed by atoms with Gasteiger partial charge in [0.15, 0.2) is 5.75 Å². The Balaban J connectivity index is 1.40. The number of nitrogens with one attached hydrogen (secondary N) is 3. The van der Waals surface area contributed by atoms with Crippen molar-refractivity contribution in [3.05, 3.63) is 48.0 Å². The number of likely N-dealkylation sites (N-methyl/N-ethyl adjacent to an activating group) is 1. The van der Waals surface area contributed by atoms with E-state index in [-0.39, 0.29) is 66.6 Å². The molecule has 6 N–H and O–H groups in total. The number of anilines is 3. The fourth-order valence-electron chi connectivity index (χ4n) is 6.23. The highest BCUT2D eigenvalue weighted by atomic mass is 16.5. The van der Waals surface area contributed by atoms with Crippen LogP contribution in [0.25, 0.3) is 0 Å². The molecule has 1 aliphatic heterocycles. The Kier molecular flexibility index (Phi) is 13.5. The van der Waals surface area contributed by atoms with E-state index < -0.39 is 12.1 Å². The summed E-state index contributed by atoms with van der Waals surface area (Å²) >= 11 is 0. The number of ether oxygens (including phenoxy) is 1. The van der Waals surface area contributed by atoms with Crippen molar-refractivity contribution in [3.8, 4) is 5.75 Å². The van der Waals surface area contributed by atoms with Crippen LogP contribution in [-0.2, 0) is 9.59 Å². The Labute approximate surface area is 283 Å². The van der Waals surface area contributed by atoms with Gasteiger partial charge < -0.3 is 41.3 Å². The largest absolute Gasteiger partial charge is 0.485 e. The minimum absolute atomic E-state index is 0.132. The van der Waals surface area contributed by atoms with Gasteiger partial charge in [-0.25, -0.2) is 4.79 Å². The quantitative estimate of drug-likeness (QED) is 0.149. The average molecular weight is 665 g/mol. The van der Waals surface area contributed by atoms with Crippen LogP contribution in [-0.4, -0.2) is 83.6 Å². The van der Waals surface area contributed by atoms with E-state index in [9.17, 15) is 24.3 Å². The van der Waals surface area contributed by atoms with Crippen molar-refractivity contribution >= 4 is 40.8 Å². The van der Waals surface area contributed by atoms with Gasteiger partial charge in [-0.2, -0.15) is 0 Å². The molecule has 48 heavy (non-hydrogen) atoms. The molecule has 4 rings (SSSR count). The molecule has 0 bridgehead atoms. The number of nitrogens with two attached hydrogens (primary N) is 1. The minimum atomic E-state index is -0.497. The number of hydrogen-bond acceptors (Lipinski definition) is 7. The number of aliphatic hydroxyl groups is 1. The zero-order chi connectivity index (χ0) is 34.6. The lowest BCUT2D eigenvalue weighted by Crippen LogP contribution is -2.52. The van der Waals surface area contributed by atoms with Crippen molar-refractivity contribution in [2.75, 3.05) is 43.1 Å². The summed E-state index contributed by atoms with van der Waals surface area (Å²) in [5.74, 6) is -0.614. The summed E-state index contributed by atoms with van der Waals surface area (Å²) < 4.78 is 6.55. The van der Waals surface area contributed by atoms with Gasteiger partial charge in [-0.15, -0.1) is 0 Å². The highest BCUT2D eigenvalue weighted by Gasteiger charge is 2.35. The number of nitrogens with zero attached hydrogens (tertiary/aromatic N) is 2. The first-order chi connectivity index (χ1) is 23.1. The van der Waals surface area contributed by atoms with Crippen molar-refractivity contribution in [2.24, 2.45) is 5.92 Å². The third kappa shape index (κ3) is 10.1. The maximum absolute atomic E-state index is 13.8. The number of carbonyl (C=O) groups excluding carboxylic acids is 4. The summed E-state index contributed by atoms with van der Waals surface area (Å²) in [5, 5.41) is 18.9. The molecule has 0 saturated heterocycles. The van der Waals surface area contributed by atoms with Crippen LogP contribution in [0.3, 0.4) is 0 Å². The van der Waals surface area contributed by atoms with Crippen LogP contribution in [0, 0.1) is 5.92 Å². The Hall–Kier alpha value is -4.32. The van der Waals surface area contributed by atoms with E-state index in [2.05, 4.69) is 16.0 Å². The summed E-state index contributed by atoms with van der Waals surface area (Å²) in [7, 11) is 1.74. The number of nitrogen functional groups attached to an aromatic ring is 1. The van der Waals surface area contributed by atoms with Gasteiger partial charge in [0.1, 0.15) is 6.10 Å². The summed E-state index contributed by atoms with van der Waals surface area (Å²) in [4.78, 5) is 55.6. The molecule has 0 aromatic heterocycles. The number of carbonyl (C=O) groups is 4. The number of para-hydroxylation sites is 3. The van der Waals surface area contributed by atoms with Crippen molar-refractivity contribution < 1.29 is 29.0 Å². The first-order valence-corrected chi connectivity index (χ1v) is 17.2. The lowest BCUT2D eigenvalue weighted by molar-refractivity contribution is -0.116. The molecule has 2 aromatic carbocycles. The smallest absolute Gasteiger partial charge is 0.317 e. The van der Waals surface area contributed by atoms with Gasteiger partial charge in [-0.05, 0) is 56.9 Å². The number of benzene rings is 2. The van der Waals surface area contributed by atoms with E-state index in [1.54, 1.807) is 66.2 Å². The van der Waals surface area contributed by atoms with Crippen molar-refractivity contribution in [3.63, 3.8) is 0 Å². The second kappa shape index (κ2) is 17.7. The first kappa shape index (κ1) is 36.5. The number of urea groups is 1. The van der Waals surface area contributed by atoms with E-state index in [1.807, 2.05) is 6.92 Å². The van der Waals surface area contributed by atoms with Gasteiger partial charge in [-0.1, -0.05) is 50.8 Å². The van der Waals surface area contributed by atoms with E-state index >= 15 is 0 Å². The molecule has 1 aliphatic carbocycles. The lowest BCUT2D eigenvalue weighted by atomic mass is 9.96. The summed E-state index contributed by atoms with van der Waals surface area (Å²) in [6, 6.07) is 11.7. The van der Waals surface area contributed by atoms with Crippen LogP contribution in [0.2, 0.25) is 0 Å². The highest BCUT2D eigenvalue weighted by molar-refractivity contribution is 6.01. The predicted molar refractivity (Wildman–Crippen MR) is 187 cm³/mol. The standard InChI is InChI=1S/C36H52N6O6/c1-24-21-42(25(2)23-43)35(46)27-15-12-18-30(34(27)48-31(24)22-41(3)36(47)38-26-13-6-4-7-14-26)40-33(45)20-9-5-8-19-32(44)39-29-17-11-10-16-28(29)37/h10-12,15-18,24-26,31,43H,4-9,13-14,19-23,37H2,1-3H3,(H,38,47)(H,39,44)(H,40,45)/t24-,25+,31-/m0/s1. The van der Waals surface area contributed by atoms with Crippen LogP contribution in [0.4, 0.5) is 21.9 Å². The predicted octanol–water partition coefficient (Wildman–Crippen LogP) is 4.99. The zero-order valence-corrected chi connectivity index (χ0v) is 28.5. The van der Waals surface area contributed by atoms with Crippen LogP contribution >= 0.6 is 0 Å². The Morgan fingerprint density at radius 3 is 2.29 bits per heavy atom. The first-order valence-electron chi connectivity index (χ1n) is 17.2. The van der Waals surface area contributed by atoms with Gasteiger partial charge in [0.2, 0.25) is 11.8 Å². The normalized spacial score (nSPS) is 18.8. The molecular formula is C36H52N6O6. The SMILES string of the molecule is C[C@H](CO)N1C[C@H](C)[C@H](CN(C)C(=O)NC2CCCCC2)Oc2c(NC(=O)CCCCCC(=O)Nc3ccccc3N)cccc2C1=O.